The lowest BCUT2D eigenvalue weighted by molar-refractivity contribution is -0.384. The lowest BCUT2D eigenvalue weighted by Crippen LogP contribution is -2.24. The number of hydrogen-bond donors (Lipinski definition) is 0. The summed E-state index contributed by atoms with van der Waals surface area (Å²) < 4.78 is 0.718. The molecular formula is C11H8BrN3O3S. The van der Waals surface area contributed by atoms with Crippen LogP contribution in [0.4, 0.5) is 10.8 Å². The van der Waals surface area contributed by atoms with E-state index >= 15 is 0 Å². The Bertz CT molecular complexity index is 687. The SMILES string of the molecule is O=C1CC(Br)CN1c1nc2ccc([N+](=O)[O-])cc2s1. The van der Waals surface area contributed by atoms with Gasteiger partial charge in [-0.2, -0.15) is 0 Å². The van der Waals surface area contributed by atoms with E-state index in [-0.39, 0.29) is 16.4 Å². The average molecular weight is 342 g/mol. The predicted octanol–water partition coefficient (Wildman–Crippen LogP) is 2.70. The van der Waals surface area contributed by atoms with Gasteiger partial charge >= 0.3 is 0 Å². The van der Waals surface area contributed by atoms with E-state index in [1.165, 1.54) is 23.5 Å². The van der Waals surface area contributed by atoms with E-state index in [9.17, 15) is 14.9 Å². The van der Waals surface area contributed by atoms with Gasteiger partial charge in [0.2, 0.25) is 5.91 Å². The third-order valence-electron chi connectivity index (χ3n) is 2.88. The van der Waals surface area contributed by atoms with Crippen LogP contribution in [-0.2, 0) is 4.79 Å². The van der Waals surface area contributed by atoms with Gasteiger partial charge in [-0.05, 0) is 6.07 Å². The van der Waals surface area contributed by atoms with Crippen molar-refractivity contribution in [3.8, 4) is 0 Å². The molecule has 2 aromatic rings. The van der Waals surface area contributed by atoms with Crippen molar-refractivity contribution in [3.63, 3.8) is 0 Å². The minimum Gasteiger partial charge on any atom is -0.287 e. The van der Waals surface area contributed by atoms with Crippen LogP contribution in [0.25, 0.3) is 10.2 Å². The number of aromatic nitrogens is 1. The number of halogens is 1. The molecule has 1 amide bonds. The molecule has 0 bridgehead atoms. The first kappa shape index (κ1) is 12.5. The van der Waals surface area contributed by atoms with Crippen molar-refractivity contribution >= 4 is 54.2 Å². The summed E-state index contributed by atoms with van der Waals surface area (Å²) in [6, 6.07) is 4.52. The van der Waals surface area contributed by atoms with E-state index in [1.54, 1.807) is 11.0 Å². The van der Waals surface area contributed by atoms with Crippen LogP contribution in [0.2, 0.25) is 0 Å². The third kappa shape index (κ3) is 2.21. The van der Waals surface area contributed by atoms with Crippen molar-refractivity contribution in [3.05, 3.63) is 28.3 Å². The highest BCUT2D eigenvalue weighted by Crippen LogP contribution is 2.34. The zero-order valence-electron chi connectivity index (χ0n) is 9.58. The standard InChI is InChI=1S/C11H8BrN3O3S/c12-6-3-10(16)14(5-6)11-13-8-2-1-7(15(17)18)4-9(8)19-11/h1-2,4,6H,3,5H2. The summed E-state index contributed by atoms with van der Waals surface area (Å²) in [7, 11) is 0. The van der Waals surface area contributed by atoms with Crippen molar-refractivity contribution in [1.82, 2.24) is 4.98 Å². The second-order valence-corrected chi connectivity index (χ2v) is 6.52. The van der Waals surface area contributed by atoms with Crippen molar-refractivity contribution in [2.45, 2.75) is 11.2 Å². The Morgan fingerprint density at radius 2 is 2.32 bits per heavy atom. The fraction of sp³-hybridized carbons (Fsp3) is 0.273. The predicted molar refractivity (Wildman–Crippen MR) is 76.0 cm³/mol. The summed E-state index contributed by atoms with van der Waals surface area (Å²) >= 11 is 4.72. The fourth-order valence-electron chi connectivity index (χ4n) is 1.98. The van der Waals surface area contributed by atoms with Gasteiger partial charge in [0, 0.05) is 29.9 Å². The van der Waals surface area contributed by atoms with Crippen LogP contribution < -0.4 is 4.90 Å². The topological polar surface area (TPSA) is 76.3 Å². The molecule has 1 aromatic heterocycles. The fourth-order valence-corrected chi connectivity index (χ4v) is 3.57. The summed E-state index contributed by atoms with van der Waals surface area (Å²) in [5, 5.41) is 11.3. The number of amides is 1. The maximum absolute atomic E-state index is 11.8. The number of carbonyl (C=O) groups is 1. The van der Waals surface area contributed by atoms with Crippen molar-refractivity contribution in [1.29, 1.82) is 0 Å². The van der Waals surface area contributed by atoms with Crippen molar-refractivity contribution in [2.75, 3.05) is 11.4 Å². The second-order valence-electron chi connectivity index (χ2n) is 4.21. The lowest BCUT2D eigenvalue weighted by Gasteiger charge is -2.10. The molecule has 1 aliphatic rings. The van der Waals surface area contributed by atoms with Gasteiger partial charge in [0.05, 0.1) is 15.1 Å². The first-order chi connectivity index (χ1) is 9.04. The van der Waals surface area contributed by atoms with Crippen molar-refractivity contribution < 1.29 is 9.72 Å². The highest BCUT2D eigenvalue weighted by Gasteiger charge is 2.30. The molecule has 0 radical (unpaired) electrons. The van der Waals surface area contributed by atoms with Crippen LogP contribution in [0.3, 0.4) is 0 Å². The smallest absolute Gasteiger partial charge is 0.270 e. The van der Waals surface area contributed by atoms with Gasteiger partial charge in [-0.1, -0.05) is 27.3 Å². The van der Waals surface area contributed by atoms with E-state index in [2.05, 4.69) is 20.9 Å². The molecule has 1 fully saturated rings. The van der Waals surface area contributed by atoms with E-state index in [4.69, 9.17) is 0 Å². The first-order valence-corrected chi connectivity index (χ1v) is 7.27. The molecule has 19 heavy (non-hydrogen) atoms. The van der Waals surface area contributed by atoms with E-state index in [0.29, 0.717) is 23.6 Å². The van der Waals surface area contributed by atoms with E-state index < -0.39 is 4.92 Å². The molecule has 1 unspecified atom stereocenters. The second kappa shape index (κ2) is 4.53. The van der Waals surface area contributed by atoms with Gasteiger partial charge in [-0.3, -0.25) is 19.8 Å². The molecule has 98 valence electrons. The van der Waals surface area contributed by atoms with E-state index in [0.717, 1.165) is 4.70 Å². The highest BCUT2D eigenvalue weighted by molar-refractivity contribution is 9.09. The molecule has 2 heterocycles. The van der Waals surface area contributed by atoms with Crippen LogP contribution in [0.15, 0.2) is 18.2 Å². The number of nitro benzene ring substituents is 1. The van der Waals surface area contributed by atoms with Gasteiger partial charge in [0.1, 0.15) is 0 Å². The lowest BCUT2D eigenvalue weighted by atomic mass is 10.3. The normalized spacial score (nSPS) is 19.3. The molecule has 1 aliphatic heterocycles. The molecule has 1 aromatic carbocycles. The number of alkyl halides is 1. The molecule has 3 rings (SSSR count). The Morgan fingerprint density at radius 1 is 1.53 bits per heavy atom. The molecule has 0 aliphatic carbocycles. The Morgan fingerprint density at radius 3 is 2.95 bits per heavy atom. The first-order valence-electron chi connectivity index (χ1n) is 5.54. The molecular weight excluding hydrogens is 334 g/mol. The Labute approximate surface area is 120 Å². The zero-order chi connectivity index (χ0) is 13.6. The summed E-state index contributed by atoms with van der Waals surface area (Å²) in [5.41, 5.74) is 0.713. The van der Waals surface area contributed by atoms with Gasteiger partial charge in [-0.25, -0.2) is 4.98 Å². The van der Waals surface area contributed by atoms with Gasteiger partial charge < -0.3 is 0 Å². The number of non-ortho nitro benzene ring substituents is 1. The van der Waals surface area contributed by atoms with Crippen LogP contribution in [-0.4, -0.2) is 27.2 Å². The summed E-state index contributed by atoms with van der Waals surface area (Å²) in [6.07, 6.45) is 0.454. The molecule has 1 saturated heterocycles. The summed E-state index contributed by atoms with van der Waals surface area (Å²) in [4.78, 5) is 28.2. The van der Waals surface area contributed by atoms with E-state index in [1.807, 2.05) is 0 Å². The minimum absolute atomic E-state index is 0.0235. The number of nitrogens with zero attached hydrogens (tertiary/aromatic N) is 3. The number of carbonyl (C=O) groups excluding carboxylic acids is 1. The van der Waals surface area contributed by atoms with Crippen LogP contribution in [0, 0.1) is 10.1 Å². The quantitative estimate of drug-likeness (QED) is 0.478. The minimum atomic E-state index is -0.436. The number of benzene rings is 1. The van der Waals surface area contributed by atoms with Gasteiger partial charge in [0.25, 0.3) is 5.69 Å². The van der Waals surface area contributed by atoms with Crippen LogP contribution in [0.5, 0.6) is 0 Å². The molecule has 8 heteroatoms. The number of hydrogen-bond acceptors (Lipinski definition) is 5. The maximum atomic E-state index is 11.8. The number of fused-ring (bicyclic) bond motifs is 1. The van der Waals surface area contributed by atoms with Gasteiger partial charge in [0.15, 0.2) is 5.13 Å². The van der Waals surface area contributed by atoms with Crippen molar-refractivity contribution in [2.24, 2.45) is 0 Å². The molecule has 0 saturated carbocycles. The molecule has 0 N–H and O–H groups in total. The molecule has 6 nitrogen and oxygen atoms in total. The average Bonchev–Trinajstić information content (AvgIpc) is 2.90. The Hall–Kier alpha value is -1.54. The van der Waals surface area contributed by atoms with Gasteiger partial charge in [-0.15, -0.1) is 0 Å². The number of thiazole rings is 1. The number of rotatable bonds is 2. The summed E-state index contributed by atoms with van der Waals surface area (Å²) in [6.45, 7) is 0.584. The largest absolute Gasteiger partial charge is 0.287 e. The number of nitro groups is 1. The zero-order valence-corrected chi connectivity index (χ0v) is 12.0. The third-order valence-corrected chi connectivity index (χ3v) is 4.53. The Kier molecular flexibility index (Phi) is 2.98. The number of anilines is 1. The monoisotopic (exact) mass is 341 g/mol. The maximum Gasteiger partial charge on any atom is 0.270 e. The Balaban J connectivity index is 2.02. The summed E-state index contributed by atoms with van der Waals surface area (Å²) in [5.74, 6) is 0.0235. The molecule has 0 spiro atoms. The molecule has 1 atom stereocenters. The van der Waals surface area contributed by atoms with Crippen LogP contribution >= 0.6 is 27.3 Å². The highest BCUT2D eigenvalue weighted by atomic mass is 79.9. The van der Waals surface area contributed by atoms with Crippen LogP contribution in [0.1, 0.15) is 6.42 Å².